The first-order chi connectivity index (χ1) is 9.29. The Balaban J connectivity index is 2.44. The highest BCUT2D eigenvalue weighted by atomic mass is 16.4. The number of carbonyl (C=O) groups is 1. The highest BCUT2D eigenvalue weighted by Gasteiger charge is 2.02. The van der Waals surface area contributed by atoms with E-state index in [9.17, 15) is 4.79 Å². The molecule has 1 rings (SSSR count). The maximum Gasteiger partial charge on any atom is 0.303 e. The van der Waals surface area contributed by atoms with Crippen LogP contribution in [0.1, 0.15) is 77.0 Å². The number of rotatable bonds is 3. The Hall–Kier alpha value is -1.05. The van der Waals surface area contributed by atoms with Crippen molar-refractivity contribution in [3.8, 4) is 0 Å². The third kappa shape index (κ3) is 9.52. The molecular formula is C17H28O2. The summed E-state index contributed by atoms with van der Waals surface area (Å²) < 4.78 is 0. The quantitative estimate of drug-likeness (QED) is 0.756. The van der Waals surface area contributed by atoms with Crippen LogP contribution >= 0.6 is 0 Å². The van der Waals surface area contributed by atoms with Gasteiger partial charge in [0.2, 0.25) is 0 Å². The molecule has 0 atom stereocenters. The zero-order valence-electron chi connectivity index (χ0n) is 12.1. The average molecular weight is 264 g/mol. The van der Waals surface area contributed by atoms with E-state index in [1.54, 1.807) is 0 Å². The number of carboxylic acid groups (broad SMARTS) is 1. The molecule has 0 amide bonds. The van der Waals surface area contributed by atoms with Crippen molar-refractivity contribution >= 4 is 5.97 Å². The second-order valence-corrected chi connectivity index (χ2v) is 5.51. The number of aliphatic carboxylic acids is 1. The van der Waals surface area contributed by atoms with Gasteiger partial charge in [0.15, 0.2) is 0 Å². The maximum absolute atomic E-state index is 10.7. The van der Waals surface area contributed by atoms with E-state index in [2.05, 4.69) is 18.2 Å². The second-order valence-electron chi connectivity index (χ2n) is 5.51. The molecule has 0 fully saturated rings. The normalized spacial score (nSPS) is 19.5. The topological polar surface area (TPSA) is 37.3 Å². The van der Waals surface area contributed by atoms with Gasteiger partial charge in [-0.15, -0.1) is 0 Å². The molecule has 0 aromatic rings. The van der Waals surface area contributed by atoms with Gasteiger partial charge in [-0.2, -0.15) is 0 Å². The van der Waals surface area contributed by atoms with E-state index in [0.717, 1.165) is 12.8 Å². The SMILES string of the molecule is O=C(O)CCC1=CC=CCCCCCCCCCC1. The van der Waals surface area contributed by atoms with Gasteiger partial charge in [0.05, 0.1) is 0 Å². The van der Waals surface area contributed by atoms with Crippen LogP contribution in [0, 0.1) is 0 Å². The molecule has 0 aromatic carbocycles. The summed E-state index contributed by atoms with van der Waals surface area (Å²) in [6.07, 6.45) is 20.3. The van der Waals surface area contributed by atoms with Crippen LogP contribution in [0.2, 0.25) is 0 Å². The van der Waals surface area contributed by atoms with Crippen molar-refractivity contribution in [2.75, 3.05) is 0 Å². The van der Waals surface area contributed by atoms with E-state index in [1.165, 1.54) is 56.9 Å². The Morgan fingerprint density at radius 1 is 1.00 bits per heavy atom. The summed E-state index contributed by atoms with van der Waals surface area (Å²) in [5, 5.41) is 8.78. The number of allylic oxidation sites excluding steroid dienone is 4. The van der Waals surface area contributed by atoms with Crippen LogP contribution in [0.3, 0.4) is 0 Å². The van der Waals surface area contributed by atoms with E-state index < -0.39 is 5.97 Å². The number of hydrogen-bond donors (Lipinski definition) is 1. The summed E-state index contributed by atoms with van der Waals surface area (Å²) in [6.45, 7) is 0. The minimum atomic E-state index is -0.690. The third-order valence-electron chi connectivity index (χ3n) is 3.75. The van der Waals surface area contributed by atoms with Crippen LogP contribution in [-0.2, 0) is 4.79 Å². The van der Waals surface area contributed by atoms with Crippen LogP contribution in [0.4, 0.5) is 0 Å². The van der Waals surface area contributed by atoms with Gasteiger partial charge in [-0.1, -0.05) is 62.3 Å². The van der Waals surface area contributed by atoms with E-state index >= 15 is 0 Å². The zero-order valence-corrected chi connectivity index (χ0v) is 12.1. The van der Waals surface area contributed by atoms with Gasteiger partial charge >= 0.3 is 5.97 Å². The van der Waals surface area contributed by atoms with Crippen LogP contribution in [-0.4, -0.2) is 11.1 Å². The van der Waals surface area contributed by atoms with Crippen LogP contribution < -0.4 is 0 Å². The van der Waals surface area contributed by atoms with E-state index in [-0.39, 0.29) is 6.42 Å². The molecule has 0 heterocycles. The third-order valence-corrected chi connectivity index (χ3v) is 3.75. The fourth-order valence-corrected chi connectivity index (χ4v) is 2.53. The lowest BCUT2D eigenvalue weighted by atomic mass is 10.00. The molecule has 0 aromatic heterocycles. The standard InChI is InChI=1S/C17H28O2/c18-17(19)15-14-16-12-10-8-6-4-2-1-3-5-7-9-11-13-16/h8,10,12H,1-7,9,11,13-15H2,(H,18,19). The van der Waals surface area contributed by atoms with Crippen molar-refractivity contribution in [1.29, 1.82) is 0 Å². The van der Waals surface area contributed by atoms with Gasteiger partial charge in [-0.3, -0.25) is 4.79 Å². The Bertz CT molecular complexity index is 302. The number of hydrogen-bond acceptors (Lipinski definition) is 1. The summed E-state index contributed by atoms with van der Waals surface area (Å²) in [7, 11) is 0. The first-order valence-electron chi connectivity index (χ1n) is 7.85. The van der Waals surface area contributed by atoms with Crippen LogP contribution in [0.5, 0.6) is 0 Å². The highest BCUT2D eigenvalue weighted by Crippen LogP contribution is 2.17. The Kier molecular flexibility index (Phi) is 9.13. The minimum absolute atomic E-state index is 0.264. The molecule has 1 aliphatic rings. The predicted molar refractivity (Wildman–Crippen MR) is 80.3 cm³/mol. The maximum atomic E-state index is 10.7. The first kappa shape index (κ1) is 16.0. The summed E-state index contributed by atoms with van der Waals surface area (Å²) in [6, 6.07) is 0. The monoisotopic (exact) mass is 264 g/mol. The van der Waals surface area contributed by atoms with Gasteiger partial charge in [-0.25, -0.2) is 0 Å². The summed E-state index contributed by atoms with van der Waals surface area (Å²) in [4.78, 5) is 10.7. The van der Waals surface area contributed by atoms with E-state index in [0.29, 0.717) is 6.42 Å². The molecule has 19 heavy (non-hydrogen) atoms. The van der Waals surface area contributed by atoms with Crippen LogP contribution in [0.15, 0.2) is 23.8 Å². The molecule has 0 spiro atoms. The molecule has 108 valence electrons. The van der Waals surface area contributed by atoms with Gasteiger partial charge in [0, 0.05) is 6.42 Å². The minimum Gasteiger partial charge on any atom is -0.481 e. The Labute approximate surface area is 117 Å². The first-order valence-corrected chi connectivity index (χ1v) is 7.85. The van der Waals surface area contributed by atoms with Gasteiger partial charge in [-0.05, 0) is 32.1 Å². The fraction of sp³-hybridized carbons (Fsp3) is 0.706. The predicted octanol–water partition coefficient (Wildman–Crippen LogP) is 5.25. The van der Waals surface area contributed by atoms with Gasteiger partial charge < -0.3 is 5.11 Å². The van der Waals surface area contributed by atoms with Gasteiger partial charge in [0.1, 0.15) is 0 Å². The Morgan fingerprint density at radius 2 is 1.63 bits per heavy atom. The summed E-state index contributed by atoms with van der Waals surface area (Å²) >= 11 is 0. The molecular weight excluding hydrogens is 236 g/mol. The molecule has 0 saturated carbocycles. The lowest BCUT2D eigenvalue weighted by Gasteiger charge is -2.07. The molecule has 0 bridgehead atoms. The van der Waals surface area contributed by atoms with E-state index in [1.807, 2.05) is 0 Å². The second kappa shape index (κ2) is 10.8. The largest absolute Gasteiger partial charge is 0.481 e. The molecule has 2 heteroatoms. The van der Waals surface area contributed by atoms with Crippen molar-refractivity contribution in [2.45, 2.75) is 77.0 Å². The Morgan fingerprint density at radius 3 is 2.32 bits per heavy atom. The van der Waals surface area contributed by atoms with Gasteiger partial charge in [0.25, 0.3) is 0 Å². The molecule has 1 aliphatic carbocycles. The van der Waals surface area contributed by atoms with Crippen LogP contribution in [0.25, 0.3) is 0 Å². The molecule has 0 radical (unpaired) electrons. The number of carboxylic acids is 1. The summed E-state index contributed by atoms with van der Waals surface area (Å²) in [5.41, 5.74) is 1.30. The lowest BCUT2D eigenvalue weighted by molar-refractivity contribution is -0.136. The molecule has 0 unspecified atom stereocenters. The van der Waals surface area contributed by atoms with Crippen molar-refractivity contribution < 1.29 is 9.90 Å². The smallest absolute Gasteiger partial charge is 0.303 e. The summed E-state index contributed by atoms with van der Waals surface area (Å²) in [5.74, 6) is -0.690. The lowest BCUT2D eigenvalue weighted by Crippen LogP contribution is -1.96. The molecule has 1 N–H and O–H groups in total. The van der Waals surface area contributed by atoms with Crippen molar-refractivity contribution in [1.82, 2.24) is 0 Å². The van der Waals surface area contributed by atoms with Crippen molar-refractivity contribution in [3.05, 3.63) is 23.8 Å². The molecule has 2 nitrogen and oxygen atoms in total. The molecule has 0 saturated heterocycles. The zero-order chi connectivity index (χ0) is 13.8. The van der Waals surface area contributed by atoms with E-state index in [4.69, 9.17) is 5.11 Å². The van der Waals surface area contributed by atoms with Crippen molar-refractivity contribution in [3.63, 3.8) is 0 Å². The fourth-order valence-electron chi connectivity index (χ4n) is 2.53. The molecule has 0 aliphatic heterocycles. The van der Waals surface area contributed by atoms with Crippen molar-refractivity contribution in [2.24, 2.45) is 0 Å². The highest BCUT2D eigenvalue weighted by molar-refractivity contribution is 5.67. The average Bonchev–Trinajstić information content (AvgIpc) is 2.39.